The topological polar surface area (TPSA) is 61.0 Å². The van der Waals surface area contributed by atoms with Gasteiger partial charge in [0.15, 0.2) is 0 Å². The number of hydrogen-bond acceptors (Lipinski definition) is 4. The average Bonchev–Trinajstić information content (AvgIpc) is 2.60. The van der Waals surface area contributed by atoms with Crippen LogP contribution < -0.4 is 10.5 Å². The third kappa shape index (κ3) is 2.26. The summed E-state index contributed by atoms with van der Waals surface area (Å²) < 4.78 is 5.88. The Kier molecular flexibility index (Phi) is 2.49. The minimum Gasteiger partial charge on any atom is -0.487 e. The van der Waals surface area contributed by atoms with E-state index in [1.165, 1.54) is 5.56 Å². The first-order chi connectivity index (χ1) is 8.93. The lowest BCUT2D eigenvalue weighted by molar-refractivity contribution is 0.138. The number of nitrogens with zero attached hydrogens (tertiary/aromatic N) is 2. The van der Waals surface area contributed by atoms with Crippen molar-refractivity contribution in [3.05, 3.63) is 35.5 Å². The number of aromatic nitrogens is 2. The minimum atomic E-state index is -0.123. The molecular formula is C15H17N3O. The Morgan fingerprint density at radius 3 is 2.74 bits per heavy atom. The SMILES string of the molecule is Cc1cc(-c2ccc3c(c2)CC(C)(C)O3)nc(N)n1. The van der Waals surface area contributed by atoms with Crippen molar-refractivity contribution in [2.75, 3.05) is 5.73 Å². The number of nitrogens with two attached hydrogens (primary N) is 1. The molecule has 0 unspecified atom stereocenters. The molecule has 1 aliphatic heterocycles. The standard InChI is InChI=1S/C15H17N3O/c1-9-6-12(18-14(16)17-9)10-4-5-13-11(7-10)8-15(2,3)19-13/h4-7H,8H2,1-3H3,(H2,16,17,18). The van der Waals surface area contributed by atoms with Crippen LogP contribution in [0, 0.1) is 6.92 Å². The van der Waals surface area contributed by atoms with Gasteiger partial charge in [-0.25, -0.2) is 9.97 Å². The van der Waals surface area contributed by atoms with Gasteiger partial charge in [0.2, 0.25) is 5.95 Å². The Bertz CT molecular complexity index is 630. The van der Waals surface area contributed by atoms with E-state index >= 15 is 0 Å². The third-order valence-corrected chi connectivity index (χ3v) is 3.23. The molecule has 0 saturated carbocycles. The minimum absolute atomic E-state index is 0.123. The van der Waals surface area contributed by atoms with Crippen LogP contribution >= 0.6 is 0 Å². The number of benzene rings is 1. The van der Waals surface area contributed by atoms with Crippen LogP contribution in [0.3, 0.4) is 0 Å². The van der Waals surface area contributed by atoms with Gasteiger partial charge in [-0.1, -0.05) is 0 Å². The van der Waals surface area contributed by atoms with Crippen LogP contribution in [0.25, 0.3) is 11.3 Å². The molecule has 4 heteroatoms. The number of aryl methyl sites for hydroxylation is 1. The normalized spacial score (nSPS) is 15.9. The number of ether oxygens (including phenoxy) is 1. The van der Waals surface area contributed by atoms with Gasteiger partial charge in [0.1, 0.15) is 11.4 Å². The van der Waals surface area contributed by atoms with Crippen molar-refractivity contribution in [2.45, 2.75) is 32.8 Å². The molecule has 0 fully saturated rings. The summed E-state index contributed by atoms with van der Waals surface area (Å²) in [5.74, 6) is 1.28. The van der Waals surface area contributed by atoms with E-state index in [1.807, 2.05) is 25.1 Å². The molecule has 2 aromatic rings. The van der Waals surface area contributed by atoms with E-state index in [-0.39, 0.29) is 5.60 Å². The summed E-state index contributed by atoms with van der Waals surface area (Å²) in [6, 6.07) is 8.10. The van der Waals surface area contributed by atoms with Gasteiger partial charge in [-0.3, -0.25) is 0 Å². The molecule has 0 bridgehead atoms. The Morgan fingerprint density at radius 1 is 1.21 bits per heavy atom. The Morgan fingerprint density at radius 2 is 2.00 bits per heavy atom. The van der Waals surface area contributed by atoms with Crippen LogP contribution in [0.4, 0.5) is 5.95 Å². The highest BCUT2D eigenvalue weighted by atomic mass is 16.5. The molecule has 0 atom stereocenters. The lowest BCUT2D eigenvalue weighted by atomic mass is 9.99. The van der Waals surface area contributed by atoms with Gasteiger partial charge in [0.05, 0.1) is 5.69 Å². The van der Waals surface area contributed by atoms with Gasteiger partial charge < -0.3 is 10.5 Å². The maximum Gasteiger partial charge on any atom is 0.220 e. The predicted octanol–water partition coefficient (Wildman–Crippen LogP) is 2.75. The van der Waals surface area contributed by atoms with Crippen molar-refractivity contribution < 1.29 is 4.74 Å². The van der Waals surface area contributed by atoms with Crippen LogP contribution in [0.1, 0.15) is 25.1 Å². The first kappa shape index (κ1) is 12.0. The zero-order chi connectivity index (χ0) is 13.6. The van der Waals surface area contributed by atoms with E-state index in [0.717, 1.165) is 29.1 Å². The maximum absolute atomic E-state index is 5.88. The highest BCUT2D eigenvalue weighted by molar-refractivity contribution is 5.64. The van der Waals surface area contributed by atoms with Gasteiger partial charge in [0.25, 0.3) is 0 Å². The summed E-state index contributed by atoms with van der Waals surface area (Å²) in [5.41, 5.74) is 9.59. The lowest BCUT2D eigenvalue weighted by Crippen LogP contribution is -2.24. The van der Waals surface area contributed by atoms with Crippen molar-refractivity contribution in [1.29, 1.82) is 0 Å². The molecular weight excluding hydrogens is 238 g/mol. The summed E-state index contributed by atoms with van der Waals surface area (Å²) in [7, 11) is 0. The molecule has 1 aromatic carbocycles. The molecule has 0 radical (unpaired) electrons. The first-order valence-electron chi connectivity index (χ1n) is 6.36. The number of fused-ring (bicyclic) bond motifs is 1. The largest absolute Gasteiger partial charge is 0.487 e. The fraction of sp³-hybridized carbons (Fsp3) is 0.333. The van der Waals surface area contributed by atoms with Crippen LogP contribution in [-0.2, 0) is 6.42 Å². The molecule has 1 aromatic heterocycles. The molecule has 0 amide bonds. The van der Waals surface area contributed by atoms with E-state index in [2.05, 4.69) is 29.9 Å². The Labute approximate surface area is 112 Å². The molecule has 19 heavy (non-hydrogen) atoms. The highest BCUT2D eigenvalue weighted by Crippen LogP contribution is 2.37. The molecule has 0 aliphatic carbocycles. The van der Waals surface area contributed by atoms with Gasteiger partial charge >= 0.3 is 0 Å². The van der Waals surface area contributed by atoms with E-state index in [1.54, 1.807) is 0 Å². The maximum atomic E-state index is 5.88. The molecule has 1 aliphatic rings. The summed E-state index contributed by atoms with van der Waals surface area (Å²) in [6.45, 7) is 6.11. The number of nitrogen functional groups attached to an aromatic ring is 1. The summed E-state index contributed by atoms with van der Waals surface area (Å²) in [4.78, 5) is 8.39. The average molecular weight is 255 g/mol. The van der Waals surface area contributed by atoms with Crippen molar-refractivity contribution in [2.24, 2.45) is 0 Å². The number of hydrogen-bond donors (Lipinski definition) is 1. The van der Waals surface area contributed by atoms with Crippen molar-refractivity contribution in [3.63, 3.8) is 0 Å². The second-order valence-corrected chi connectivity index (χ2v) is 5.61. The van der Waals surface area contributed by atoms with Crippen molar-refractivity contribution in [1.82, 2.24) is 9.97 Å². The Hall–Kier alpha value is -2.10. The van der Waals surface area contributed by atoms with Crippen LogP contribution in [0.15, 0.2) is 24.3 Å². The van der Waals surface area contributed by atoms with E-state index in [0.29, 0.717) is 5.95 Å². The second-order valence-electron chi connectivity index (χ2n) is 5.61. The predicted molar refractivity (Wildman–Crippen MR) is 75.0 cm³/mol. The van der Waals surface area contributed by atoms with E-state index in [4.69, 9.17) is 10.5 Å². The number of anilines is 1. The summed E-state index contributed by atoms with van der Waals surface area (Å²) in [6.07, 6.45) is 0.912. The zero-order valence-electron chi connectivity index (χ0n) is 11.4. The first-order valence-corrected chi connectivity index (χ1v) is 6.36. The smallest absolute Gasteiger partial charge is 0.220 e. The quantitative estimate of drug-likeness (QED) is 0.851. The fourth-order valence-corrected chi connectivity index (χ4v) is 2.51. The molecule has 0 spiro atoms. The highest BCUT2D eigenvalue weighted by Gasteiger charge is 2.30. The van der Waals surface area contributed by atoms with Crippen LogP contribution in [0.2, 0.25) is 0 Å². The molecule has 0 saturated heterocycles. The van der Waals surface area contributed by atoms with E-state index in [9.17, 15) is 0 Å². The zero-order valence-corrected chi connectivity index (χ0v) is 11.4. The molecule has 4 nitrogen and oxygen atoms in total. The van der Waals surface area contributed by atoms with Crippen LogP contribution in [0.5, 0.6) is 5.75 Å². The van der Waals surface area contributed by atoms with E-state index < -0.39 is 0 Å². The second kappa shape index (κ2) is 3.95. The molecule has 2 N–H and O–H groups in total. The Balaban J connectivity index is 2.04. The summed E-state index contributed by atoms with van der Waals surface area (Å²) >= 11 is 0. The summed E-state index contributed by atoms with van der Waals surface area (Å²) in [5, 5.41) is 0. The molecule has 98 valence electrons. The number of rotatable bonds is 1. The molecule has 3 rings (SSSR count). The fourth-order valence-electron chi connectivity index (χ4n) is 2.51. The monoisotopic (exact) mass is 255 g/mol. The van der Waals surface area contributed by atoms with Gasteiger partial charge in [0, 0.05) is 17.7 Å². The van der Waals surface area contributed by atoms with Gasteiger partial charge in [-0.2, -0.15) is 0 Å². The molecule has 2 heterocycles. The van der Waals surface area contributed by atoms with Gasteiger partial charge in [-0.15, -0.1) is 0 Å². The van der Waals surface area contributed by atoms with Crippen LogP contribution in [-0.4, -0.2) is 15.6 Å². The lowest BCUT2D eigenvalue weighted by Gasteiger charge is -2.16. The van der Waals surface area contributed by atoms with Gasteiger partial charge in [-0.05, 0) is 50.6 Å². The van der Waals surface area contributed by atoms with Crippen molar-refractivity contribution >= 4 is 5.95 Å². The third-order valence-electron chi connectivity index (χ3n) is 3.23. The van der Waals surface area contributed by atoms with Crippen molar-refractivity contribution in [3.8, 4) is 17.0 Å².